The number of benzene rings is 1. The number of carbonyl (C=O) groups is 1. The first kappa shape index (κ1) is 13.8. The lowest BCUT2D eigenvalue weighted by Gasteiger charge is -2.26. The first-order valence-electron chi connectivity index (χ1n) is 6.08. The van der Waals surface area contributed by atoms with Gasteiger partial charge >= 0.3 is 0 Å². The smallest absolute Gasteiger partial charge is 0.282 e. The molecule has 1 aromatic carbocycles. The van der Waals surface area contributed by atoms with Gasteiger partial charge < -0.3 is 0 Å². The van der Waals surface area contributed by atoms with Crippen LogP contribution in [0.2, 0.25) is 5.02 Å². The van der Waals surface area contributed by atoms with Gasteiger partial charge in [0.25, 0.3) is 11.6 Å². The van der Waals surface area contributed by atoms with Crippen molar-refractivity contribution in [2.45, 2.75) is 19.3 Å². The van der Waals surface area contributed by atoms with Crippen LogP contribution in [0, 0.1) is 10.1 Å². The molecule has 1 aromatic rings. The zero-order valence-electron chi connectivity index (χ0n) is 10.3. The first-order chi connectivity index (χ1) is 9.08. The number of piperidine rings is 1. The Morgan fingerprint density at radius 2 is 2.00 bits per heavy atom. The molecule has 1 heterocycles. The van der Waals surface area contributed by atoms with Crippen molar-refractivity contribution >= 4 is 23.2 Å². The predicted octanol–water partition coefficient (Wildman–Crippen LogP) is 2.38. The third kappa shape index (κ3) is 3.42. The van der Waals surface area contributed by atoms with Gasteiger partial charge in [0.15, 0.2) is 0 Å². The number of rotatable bonds is 3. The monoisotopic (exact) mass is 283 g/mol. The molecule has 1 N–H and O–H groups in total. The van der Waals surface area contributed by atoms with E-state index in [1.807, 2.05) is 0 Å². The Balaban J connectivity index is 2.17. The van der Waals surface area contributed by atoms with Crippen molar-refractivity contribution in [2.75, 3.05) is 13.1 Å². The van der Waals surface area contributed by atoms with Crippen molar-refractivity contribution in [3.63, 3.8) is 0 Å². The number of hydrogen-bond donors (Lipinski definition) is 1. The van der Waals surface area contributed by atoms with Gasteiger partial charge in [0, 0.05) is 24.2 Å². The largest absolute Gasteiger partial charge is 0.285 e. The quantitative estimate of drug-likeness (QED) is 0.682. The molecule has 0 aliphatic carbocycles. The summed E-state index contributed by atoms with van der Waals surface area (Å²) in [6.45, 7) is 1.53. The van der Waals surface area contributed by atoms with E-state index in [1.165, 1.54) is 18.2 Å². The second kappa shape index (κ2) is 5.99. The molecule has 0 spiro atoms. The molecule has 0 radical (unpaired) electrons. The summed E-state index contributed by atoms with van der Waals surface area (Å²) < 4.78 is 0. The van der Waals surface area contributed by atoms with Crippen LogP contribution >= 0.6 is 11.6 Å². The van der Waals surface area contributed by atoms with Crippen molar-refractivity contribution in [1.82, 2.24) is 10.4 Å². The fraction of sp³-hybridized carbons (Fsp3) is 0.417. The minimum atomic E-state index is -0.582. The Labute approximate surface area is 115 Å². The number of hydrogen-bond acceptors (Lipinski definition) is 4. The normalized spacial score (nSPS) is 16.1. The molecular formula is C12H14ClN3O3. The third-order valence-electron chi connectivity index (χ3n) is 3.02. The summed E-state index contributed by atoms with van der Waals surface area (Å²) in [6, 6.07) is 3.96. The van der Waals surface area contributed by atoms with Gasteiger partial charge in [-0.05, 0) is 25.0 Å². The number of nitrogens with one attached hydrogen (secondary N) is 1. The molecule has 1 aliphatic rings. The summed E-state index contributed by atoms with van der Waals surface area (Å²) >= 11 is 5.79. The summed E-state index contributed by atoms with van der Waals surface area (Å²) in [4.78, 5) is 22.4. The number of hydrazine groups is 1. The zero-order valence-corrected chi connectivity index (χ0v) is 11.0. The van der Waals surface area contributed by atoms with Gasteiger partial charge in [0.1, 0.15) is 5.56 Å². The number of carbonyl (C=O) groups excluding carboxylic acids is 1. The molecule has 1 amide bonds. The first-order valence-corrected chi connectivity index (χ1v) is 6.45. The number of nitro groups is 1. The summed E-state index contributed by atoms with van der Waals surface area (Å²) in [5.41, 5.74) is 2.44. The average molecular weight is 284 g/mol. The van der Waals surface area contributed by atoms with Crippen molar-refractivity contribution in [1.29, 1.82) is 0 Å². The van der Waals surface area contributed by atoms with Gasteiger partial charge in [-0.15, -0.1) is 0 Å². The summed E-state index contributed by atoms with van der Waals surface area (Å²) in [6.07, 6.45) is 3.17. The summed E-state index contributed by atoms with van der Waals surface area (Å²) in [5, 5.41) is 13.0. The fourth-order valence-corrected chi connectivity index (χ4v) is 2.23. The van der Waals surface area contributed by atoms with Crippen LogP contribution in [0.1, 0.15) is 29.6 Å². The average Bonchev–Trinajstić information content (AvgIpc) is 2.39. The lowest BCUT2D eigenvalue weighted by atomic mass is 10.1. The van der Waals surface area contributed by atoms with Crippen LogP contribution in [-0.4, -0.2) is 28.9 Å². The molecule has 19 heavy (non-hydrogen) atoms. The predicted molar refractivity (Wildman–Crippen MR) is 71.0 cm³/mol. The minimum Gasteiger partial charge on any atom is -0.285 e. The molecule has 0 aromatic heterocycles. The van der Waals surface area contributed by atoms with Gasteiger partial charge in [-0.25, -0.2) is 5.01 Å². The second-order valence-electron chi connectivity index (χ2n) is 4.41. The van der Waals surface area contributed by atoms with Gasteiger partial charge in [0.2, 0.25) is 0 Å². The highest BCUT2D eigenvalue weighted by Gasteiger charge is 2.22. The fourth-order valence-electron chi connectivity index (χ4n) is 2.06. The maximum absolute atomic E-state index is 12.1. The van der Waals surface area contributed by atoms with Crippen LogP contribution in [0.3, 0.4) is 0 Å². The SMILES string of the molecule is O=C(NN1CCCCC1)c1cc(Cl)ccc1[N+](=O)[O-]. The highest BCUT2D eigenvalue weighted by molar-refractivity contribution is 6.31. The van der Waals surface area contributed by atoms with Crippen molar-refractivity contribution in [2.24, 2.45) is 0 Å². The third-order valence-corrected chi connectivity index (χ3v) is 3.25. The second-order valence-corrected chi connectivity index (χ2v) is 4.84. The lowest BCUT2D eigenvalue weighted by Crippen LogP contribution is -2.45. The molecule has 1 fully saturated rings. The van der Waals surface area contributed by atoms with E-state index in [0.717, 1.165) is 32.4 Å². The number of nitro benzene ring substituents is 1. The van der Waals surface area contributed by atoms with Gasteiger partial charge in [-0.1, -0.05) is 18.0 Å². The molecular weight excluding hydrogens is 270 g/mol. The van der Waals surface area contributed by atoms with Gasteiger partial charge in [-0.3, -0.25) is 20.3 Å². The van der Waals surface area contributed by atoms with Crippen LogP contribution in [0.4, 0.5) is 5.69 Å². The van der Waals surface area contributed by atoms with E-state index in [0.29, 0.717) is 5.02 Å². The van der Waals surface area contributed by atoms with Crippen molar-refractivity contribution in [3.8, 4) is 0 Å². The van der Waals surface area contributed by atoms with E-state index < -0.39 is 10.8 Å². The maximum Gasteiger partial charge on any atom is 0.282 e. The molecule has 1 saturated heterocycles. The van der Waals surface area contributed by atoms with E-state index in [9.17, 15) is 14.9 Å². The lowest BCUT2D eigenvalue weighted by molar-refractivity contribution is -0.385. The van der Waals surface area contributed by atoms with E-state index in [2.05, 4.69) is 5.43 Å². The molecule has 0 atom stereocenters. The maximum atomic E-state index is 12.1. The molecule has 0 unspecified atom stereocenters. The van der Waals surface area contributed by atoms with Crippen molar-refractivity contribution in [3.05, 3.63) is 38.9 Å². The molecule has 2 rings (SSSR count). The van der Waals surface area contributed by atoms with Gasteiger partial charge in [-0.2, -0.15) is 0 Å². The van der Waals surface area contributed by atoms with Crippen LogP contribution in [-0.2, 0) is 0 Å². The Hall–Kier alpha value is -1.66. The minimum absolute atomic E-state index is 0.0110. The Morgan fingerprint density at radius 3 is 2.63 bits per heavy atom. The van der Waals surface area contributed by atoms with Crippen LogP contribution in [0.15, 0.2) is 18.2 Å². The van der Waals surface area contributed by atoms with Crippen LogP contribution in [0.5, 0.6) is 0 Å². The molecule has 7 heteroatoms. The van der Waals surface area contributed by atoms with Crippen LogP contribution < -0.4 is 5.43 Å². The topological polar surface area (TPSA) is 75.5 Å². The standard InChI is InChI=1S/C12H14ClN3O3/c13-9-4-5-11(16(18)19)10(8-9)12(17)14-15-6-2-1-3-7-15/h4-5,8H,1-3,6-7H2,(H,14,17). The Morgan fingerprint density at radius 1 is 1.32 bits per heavy atom. The number of amides is 1. The summed E-state index contributed by atoms with van der Waals surface area (Å²) in [5.74, 6) is -0.490. The molecule has 102 valence electrons. The van der Waals surface area contributed by atoms with Gasteiger partial charge in [0.05, 0.1) is 4.92 Å². The van der Waals surface area contributed by atoms with Crippen LogP contribution in [0.25, 0.3) is 0 Å². The highest BCUT2D eigenvalue weighted by Crippen LogP contribution is 2.22. The number of nitrogens with zero attached hydrogens (tertiary/aromatic N) is 2. The number of halogens is 1. The Kier molecular flexibility index (Phi) is 4.34. The summed E-state index contributed by atoms with van der Waals surface area (Å²) in [7, 11) is 0. The van der Waals surface area contributed by atoms with E-state index >= 15 is 0 Å². The van der Waals surface area contributed by atoms with E-state index in [-0.39, 0.29) is 11.3 Å². The molecule has 0 saturated carbocycles. The molecule has 0 bridgehead atoms. The van der Waals surface area contributed by atoms with E-state index in [1.54, 1.807) is 5.01 Å². The zero-order chi connectivity index (χ0) is 13.8. The van der Waals surface area contributed by atoms with E-state index in [4.69, 9.17) is 11.6 Å². The molecule has 1 aliphatic heterocycles. The van der Waals surface area contributed by atoms with Crippen molar-refractivity contribution < 1.29 is 9.72 Å². The Bertz CT molecular complexity index is 501. The molecule has 6 nitrogen and oxygen atoms in total. The highest BCUT2D eigenvalue weighted by atomic mass is 35.5.